The van der Waals surface area contributed by atoms with Gasteiger partial charge in [0.2, 0.25) is 0 Å². The lowest BCUT2D eigenvalue weighted by Crippen LogP contribution is -2.39. The molecule has 0 bridgehead atoms. The average Bonchev–Trinajstić information content (AvgIpc) is 3.15. The first-order valence-electron chi connectivity index (χ1n) is 9.97. The third-order valence-corrected chi connectivity index (χ3v) is 6.89. The van der Waals surface area contributed by atoms with Crippen molar-refractivity contribution in [1.29, 1.82) is 0 Å². The van der Waals surface area contributed by atoms with Gasteiger partial charge in [-0.2, -0.15) is 0 Å². The normalized spacial score (nSPS) is 12.7. The van der Waals surface area contributed by atoms with Gasteiger partial charge in [0.1, 0.15) is 5.52 Å². The van der Waals surface area contributed by atoms with Crippen molar-refractivity contribution < 1.29 is 13.5 Å². The van der Waals surface area contributed by atoms with Crippen LogP contribution in [0, 0.1) is 13.8 Å². The molecule has 0 saturated carbocycles. The van der Waals surface area contributed by atoms with Gasteiger partial charge in [0.15, 0.2) is 0 Å². The number of sulfonamides is 1. The predicted molar refractivity (Wildman–Crippen MR) is 120 cm³/mol. The third kappa shape index (κ3) is 4.45. The smallest absolute Gasteiger partial charge is 0.264 e. The van der Waals surface area contributed by atoms with Gasteiger partial charge in [0.25, 0.3) is 10.0 Å². The maximum Gasteiger partial charge on any atom is 0.264 e. The lowest BCUT2D eigenvalue weighted by atomic mass is 10.2. The fourth-order valence-electron chi connectivity index (χ4n) is 3.46. The Kier molecular flexibility index (Phi) is 5.75. The van der Waals surface area contributed by atoms with Crippen LogP contribution in [0.3, 0.4) is 0 Å². The van der Waals surface area contributed by atoms with Gasteiger partial charge >= 0.3 is 0 Å². The number of rotatable bonds is 7. The van der Waals surface area contributed by atoms with Gasteiger partial charge in [-0.25, -0.2) is 13.1 Å². The molecular weight excluding hydrogens is 412 g/mol. The molecular formula is C23H24N4O3S. The summed E-state index contributed by atoms with van der Waals surface area (Å²) < 4.78 is 29.8. The molecule has 1 N–H and O–H groups in total. The van der Waals surface area contributed by atoms with E-state index >= 15 is 0 Å². The van der Waals surface area contributed by atoms with Crippen LogP contribution in [0.1, 0.15) is 11.1 Å². The van der Waals surface area contributed by atoms with E-state index in [-0.39, 0.29) is 18.0 Å². The van der Waals surface area contributed by atoms with Crippen molar-refractivity contribution in [2.75, 3.05) is 10.8 Å². The molecule has 1 aromatic heterocycles. The Morgan fingerprint density at radius 2 is 1.71 bits per heavy atom. The van der Waals surface area contributed by atoms with E-state index in [9.17, 15) is 13.5 Å². The molecule has 0 unspecified atom stereocenters. The number of aryl methyl sites for hydroxylation is 2. The van der Waals surface area contributed by atoms with Gasteiger partial charge in [-0.3, -0.25) is 4.31 Å². The highest BCUT2D eigenvalue weighted by Crippen LogP contribution is 2.25. The maximum absolute atomic E-state index is 13.5. The first-order chi connectivity index (χ1) is 14.8. The molecule has 0 aliphatic carbocycles. The van der Waals surface area contributed by atoms with Gasteiger partial charge in [-0.15, -0.1) is 5.10 Å². The van der Waals surface area contributed by atoms with Crippen molar-refractivity contribution >= 4 is 26.7 Å². The van der Waals surface area contributed by atoms with Crippen LogP contribution >= 0.6 is 0 Å². The summed E-state index contributed by atoms with van der Waals surface area (Å²) in [6, 6.07) is 21.4. The van der Waals surface area contributed by atoms with Gasteiger partial charge in [0.05, 0.1) is 35.3 Å². The molecule has 8 heteroatoms. The Hall–Kier alpha value is -3.23. The molecule has 1 atom stereocenters. The van der Waals surface area contributed by atoms with Crippen LogP contribution in [-0.2, 0) is 16.6 Å². The van der Waals surface area contributed by atoms with Crippen molar-refractivity contribution in [3.05, 3.63) is 83.9 Å². The zero-order valence-electron chi connectivity index (χ0n) is 17.4. The van der Waals surface area contributed by atoms with E-state index in [1.165, 1.54) is 4.31 Å². The third-order valence-electron chi connectivity index (χ3n) is 5.08. The molecule has 7 nitrogen and oxygen atoms in total. The monoisotopic (exact) mass is 436 g/mol. The minimum absolute atomic E-state index is 0.117. The quantitative estimate of drug-likeness (QED) is 0.480. The molecule has 0 aliphatic heterocycles. The zero-order chi connectivity index (χ0) is 22.0. The second-order valence-electron chi connectivity index (χ2n) is 7.60. The highest BCUT2D eigenvalue weighted by molar-refractivity contribution is 7.92. The Morgan fingerprint density at radius 3 is 2.45 bits per heavy atom. The molecule has 0 radical (unpaired) electrons. The summed E-state index contributed by atoms with van der Waals surface area (Å²) in [7, 11) is -3.88. The van der Waals surface area contributed by atoms with Crippen LogP contribution < -0.4 is 4.31 Å². The number of hydrogen-bond acceptors (Lipinski definition) is 5. The minimum Gasteiger partial charge on any atom is -0.389 e. The molecule has 4 rings (SSSR count). The fraction of sp³-hybridized carbons (Fsp3) is 0.217. The highest BCUT2D eigenvalue weighted by Gasteiger charge is 2.27. The Balaban J connectivity index is 1.66. The fourth-order valence-corrected chi connectivity index (χ4v) is 4.96. The Morgan fingerprint density at radius 1 is 0.968 bits per heavy atom. The Bertz CT molecular complexity index is 1300. The summed E-state index contributed by atoms with van der Waals surface area (Å²) >= 11 is 0. The second-order valence-corrected chi connectivity index (χ2v) is 9.46. The summed E-state index contributed by atoms with van der Waals surface area (Å²) in [6.45, 7) is 3.80. The van der Waals surface area contributed by atoms with E-state index in [1.54, 1.807) is 47.1 Å². The number of anilines is 1. The summed E-state index contributed by atoms with van der Waals surface area (Å²) in [5.41, 5.74) is 3.91. The van der Waals surface area contributed by atoms with Crippen molar-refractivity contribution in [2.24, 2.45) is 0 Å². The Labute approximate surface area is 181 Å². The standard InChI is InChI=1S/C23H24N4O3S/c1-17-10-12-21(13-11-17)31(29,30)27(19-7-5-6-18(2)14-19)16-20(28)15-26-23-9-4-3-8-22(23)24-25-26/h3-14,20,28H,15-16H2,1-2H3/t20-/m1/s1. The molecule has 3 aromatic carbocycles. The van der Waals surface area contributed by atoms with Crippen molar-refractivity contribution in [1.82, 2.24) is 15.0 Å². The van der Waals surface area contributed by atoms with E-state index in [1.807, 2.05) is 44.2 Å². The number of para-hydroxylation sites is 1. The molecule has 160 valence electrons. The topological polar surface area (TPSA) is 88.3 Å². The summed E-state index contributed by atoms with van der Waals surface area (Å²) in [4.78, 5) is 0.179. The first-order valence-corrected chi connectivity index (χ1v) is 11.4. The number of aliphatic hydroxyl groups excluding tert-OH is 1. The van der Waals surface area contributed by atoms with Crippen LogP contribution in [-0.4, -0.2) is 41.2 Å². The van der Waals surface area contributed by atoms with Crippen LogP contribution in [0.5, 0.6) is 0 Å². The number of hydrogen-bond donors (Lipinski definition) is 1. The summed E-state index contributed by atoms with van der Waals surface area (Å²) in [5, 5.41) is 19.0. The SMILES string of the molecule is Cc1ccc(S(=O)(=O)N(C[C@H](O)Cn2nnc3ccccc32)c2cccc(C)c2)cc1. The van der Waals surface area contributed by atoms with Crippen LogP contribution in [0.2, 0.25) is 0 Å². The number of aromatic nitrogens is 3. The molecule has 0 saturated heterocycles. The van der Waals surface area contributed by atoms with Crippen LogP contribution in [0.15, 0.2) is 77.7 Å². The molecule has 0 spiro atoms. The van der Waals surface area contributed by atoms with Crippen molar-refractivity contribution in [3.63, 3.8) is 0 Å². The molecule has 31 heavy (non-hydrogen) atoms. The van der Waals surface area contributed by atoms with Gasteiger partial charge < -0.3 is 5.11 Å². The largest absolute Gasteiger partial charge is 0.389 e. The highest BCUT2D eigenvalue weighted by atomic mass is 32.2. The maximum atomic E-state index is 13.5. The lowest BCUT2D eigenvalue weighted by molar-refractivity contribution is 0.159. The molecule has 4 aromatic rings. The van der Waals surface area contributed by atoms with E-state index < -0.39 is 16.1 Å². The molecule has 0 amide bonds. The molecule has 1 heterocycles. The molecule has 0 aliphatic rings. The van der Waals surface area contributed by atoms with Crippen molar-refractivity contribution in [2.45, 2.75) is 31.4 Å². The van der Waals surface area contributed by atoms with E-state index in [0.717, 1.165) is 22.2 Å². The molecule has 0 fully saturated rings. The van der Waals surface area contributed by atoms with Crippen molar-refractivity contribution in [3.8, 4) is 0 Å². The predicted octanol–water partition coefficient (Wildman–Crippen LogP) is 3.30. The van der Waals surface area contributed by atoms with Gasteiger partial charge in [0, 0.05) is 0 Å². The second kappa shape index (κ2) is 8.49. The summed E-state index contributed by atoms with van der Waals surface area (Å²) in [6.07, 6.45) is -0.995. The van der Waals surface area contributed by atoms with Crippen LogP contribution in [0.4, 0.5) is 5.69 Å². The first kappa shape index (κ1) is 21.0. The van der Waals surface area contributed by atoms with E-state index in [2.05, 4.69) is 10.3 Å². The van der Waals surface area contributed by atoms with Crippen LogP contribution in [0.25, 0.3) is 11.0 Å². The number of nitrogens with zero attached hydrogens (tertiary/aromatic N) is 4. The van der Waals surface area contributed by atoms with E-state index in [0.29, 0.717) is 5.69 Å². The lowest BCUT2D eigenvalue weighted by Gasteiger charge is -2.27. The summed E-state index contributed by atoms with van der Waals surface area (Å²) in [5.74, 6) is 0. The van der Waals surface area contributed by atoms with Gasteiger partial charge in [-0.05, 0) is 55.8 Å². The number of benzene rings is 3. The van der Waals surface area contributed by atoms with E-state index in [4.69, 9.17) is 0 Å². The number of aliphatic hydroxyl groups is 1. The zero-order valence-corrected chi connectivity index (χ0v) is 18.2. The minimum atomic E-state index is -3.88. The van der Waals surface area contributed by atoms with Gasteiger partial charge in [-0.1, -0.05) is 47.2 Å². The average molecular weight is 437 g/mol. The number of fused-ring (bicyclic) bond motifs is 1.